The summed E-state index contributed by atoms with van der Waals surface area (Å²) in [4.78, 5) is 27.2. The molecule has 0 radical (unpaired) electrons. The SMILES string of the molecule is CCOC[C@@H]1C[C@H](NC(=O)[C@H](OCc2ccccc2)[C@H](O)[C@@H](O)[C@@H](OCc2ccccc2)C(=O)N[C@@H]2CO[C@H](COCC)C2)CO1. The molecule has 8 atom stereocenters. The van der Waals surface area contributed by atoms with Crippen LogP contribution in [0.2, 0.25) is 0 Å². The molecule has 0 aromatic heterocycles. The zero-order valence-electron chi connectivity index (χ0n) is 26.6. The maximum atomic E-state index is 13.6. The van der Waals surface area contributed by atoms with Gasteiger partial charge in [0.25, 0.3) is 11.8 Å². The molecule has 4 rings (SSSR count). The van der Waals surface area contributed by atoms with Gasteiger partial charge in [-0.3, -0.25) is 9.59 Å². The van der Waals surface area contributed by atoms with Crippen molar-refractivity contribution in [1.29, 1.82) is 0 Å². The average Bonchev–Trinajstić information content (AvgIpc) is 3.72. The highest BCUT2D eigenvalue weighted by molar-refractivity contribution is 5.84. The minimum atomic E-state index is -1.82. The van der Waals surface area contributed by atoms with Crippen LogP contribution in [0.4, 0.5) is 0 Å². The predicted molar refractivity (Wildman–Crippen MR) is 168 cm³/mol. The van der Waals surface area contributed by atoms with E-state index in [0.717, 1.165) is 11.1 Å². The first-order chi connectivity index (χ1) is 22.4. The zero-order chi connectivity index (χ0) is 32.7. The summed E-state index contributed by atoms with van der Waals surface area (Å²) in [7, 11) is 0. The van der Waals surface area contributed by atoms with E-state index in [1.54, 1.807) is 0 Å². The molecule has 0 spiro atoms. The highest BCUT2D eigenvalue weighted by Gasteiger charge is 2.42. The number of carbonyl (C=O) groups excluding carboxylic acids is 2. The van der Waals surface area contributed by atoms with Gasteiger partial charge in [0.2, 0.25) is 0 Å². The second kappa shape index (κ2) is 19.0. The summed E-state index contributed by atoms with van der Waals surface area (Å²) in [6.07, 6.45) is -5.98. The van der Waals surface area contributed by atoms with Gasteiger partial charge >= 0.3 is 0 Å². The van der Waals surface area contributed by atoms with Gasteiger partial charge in [0.15, 0.2) is 12.2 Å². The molecule has 0 unspecified atom stereocenters. The van der Waals surface area contributed by atoms with E-state index in [4.69, 9.17) is 28.4 Å². The summed E-state index contributed by atoms with van der Waals surface area (Å²) >= 11 is 0. The van der Waals surface area contributed by atoms with E-state index >= 15 is 0 Å². The van der Waals surface area contributed by atoms with Gasteiger partial charge in [-0.25, -0.2) is 0 Å². The van der Waals surface area contributed by atoms with E-state index in [0.29, 0.717) is 39.3 Å². The fourth-order valence-corrected chi connectivity index (χ4v) is 5.45. The standard InChI is InChI=1S/C34H48N2O10/c1-3-41-21-27-15-25(19-43-27)35-33(39)31(45-17-23-11-7-5-8-12-23)29(37)30(38)32(46-18-24-13-9-6-10-14-24)34(40)36-26-16-28(44-20-26)22-42-4-2/h5-14,25-32,37-38H,3-4,15-22H2,1-2H3,(H,35,39)(H,36,40)/t25-,26-,27-,28-,29+,30+,31+,32+/m0/s1. The Kier molecular flexibility index (Phi) is 14.8. The monoisotopic (exact) mass is 644 g/mol. The molecule has 2 aromatic carbocycles. The van der Waals surface area contributed by atoms with Crippen molar-refractivity contribution in [2.75, 3.05) is 39.6 Å². The Labute approximate surface area is 270 Å². The number of nitrogens with one attached hydrogen (secondary N) is 2. The number of aliphatic hydroxyl groups excluding tert-OH is 2. The highest BCUT2D eigenvalue weighted by Crippen LogP contribution is 2.20. The quantitative estimate of drug-likeness (QED) is 0.177. The zero-order valence-corrected chi connectivity index (χ0v) is 26.6. The Hall–Kier alpha value is -2.94. The third-order valence-corrected chi connectivity index (χ3v) is 7.90. The molecule has 12 nitrogen and oxygen atoms in total. The number of benzene rings is 2. The fourth-order valence-electron chi connectivity index (χ4n) is 5.45. The van der Waals surface area contributed by atoms with Gasteiger partial charge in [-0.2, -0.15) is 0 Å². The van der Waals surface area contributed by atoms with Crippen molar-refractivity contribution in [3.05, 3.63) is 71.8 Å². The molecule has 0 saturated carbocycles. The number of hydrogen-bond acceptors (Lipinski definition) is 10. The fraction of sp³-hybridized carbons (Fsp3) is 0.588. The Morgan fingerprint density at radius 1 is 0.717 bits per heavy atom. The molecule has 2 aliphatic rings. The van der Waals surface area contributed by atoms with E-state index in [1.807, 2.05) is 74.5 Å². The van der Waals surface area contributed by atoms with Crippen LogP contribution in [-0.2, 0) is 51.2 Å². The van der Waals surface area contributed by atoms with Gasteiger partial charge in [-0.15, -0.1) is 0 Å². The second-order valence-electron chi connectivity index (χ2n) is 11.5. The van der Waals surface area contributed by atoms with E-state index in [-0.39, 0.29) is 50.7 Å². The highest BCUT2D eigenvalue weighted by atomic mass is 16.5. The first kappa shape index (κ1) is 35.9. The lowest BCUT2D eigenvalue weighted by molar-refractivity contribution is -0.171. The van der Waals surface area contributed by atoms with E-state index in [1.165, 1.54) is 0 Å². The molecule has 2 saturated heterocycles. The van der Waals surface area contributed by atoms with E-state index in [2.05, 4.69) is 10.6 Å². The van der Waals surface area contributed by atoms with Crippen molar-refractivity contribution < 1.29 is 48.2 Å². The topological polar surface area (TPSA) is 154 Å². The minimum Gasteiger partial charge on any atom is -0.387 e. The van der Waals surface area contributed by atoms with Crippen LogP contribution in [0, 0.1) is 0 Å². The van der Waals surface area contributed by atoms with Gasteiger partial charge in [-0.1, -0.05) is 60.7 Å². The van der Waals surface area contributed by atoms with Crippen molar-refractivity contribution in [3.63, 3.8) is 0 Å². The number of ether oxygens (including phenoxy) is 6. The van der Waals surface area contributed by atoms with Crippen LogP contribution in [0.1, 0.15) is 37.8 Å². The lowest BCUT2D eigenvalue weighted by Crippen LogP contribution is -2.57. The molecular formula is C34H48N2O10. The van der Waals surface area contributed by atoms with Gasteiger partial charge < -0.3 is 49.3 Å². The van der Waals surface area contributed by atoms with Crippen molar-refractivity contribution in [2.45, 2.75) is 88.6 Å². The normalized spacial score (nSPS) is 23.8. The number of amides is 2. The first-order valence-corrected chi connectivity index (χ1v) is 16.0. The number of aliphatic hydroxyl groups is 2. The Morgan fingerprint density at radius 2 is 1.11 bits per heavy atom. The number of rotatable bonds is 19. The lowest BCUT2D eigenvalue weighted by atomic mass is 10.00. The van der Waals surface area contributed by atoms with Crippen LogP contribution < -0.4 is 10.6 Å². The molecule has 0 bridgehead atoms. The summed E-state index contributed by atoms with van der Waals surface area (Å²) in [6, 6.07) is 17.6. The van der Waals surface area contributed by atoms with Crippen molar-refractivity contribution >= 4 is 11.8 Å². The van der Waals surface area contributed by atoms with Crippen LogP contribution in [0.15, 0.2) is 60.7 Å². The summed E-state index contributed by atoms with van der Waals surface area (Å²) in [5.74, 6) is -1.28. The van der Waals surface area contributed by atoms with Gasteiger partial charge in [0.1, 0.15) is 12.2 Å². The second-order valence-corrected chi connectivity index (χ2v) is 11.5. The van der Waals surface area contributed by atoms with Gasteiger partial charge in [0.05, 0.1) is 63.9 Å². The van der Waals surface area contributed by atoms with E-state index < -0.39 is 36.2 Å². The van der Waals surface area contributed by atoms with Crippen LogP contribution in [0.25, 0.3) is 0 Å². The molecule has 0 aliphatic carbocycles. The first-order valence-electron chi connectivity index (χ1n) is 16.0. The Morgan fingerprint density at radius 3 is 1.48 bits per heavy atom. The molecular weight excluding hydrogens is 596 g/mol. The van der Waals surface area contributed by atoms with Gasteiger partial charge in [-0.05, 0) is 37.8 Å². The van der Waals surface area contributed by atoms with Gasteiger partial charge in [0, 0.05) is 13.2 Å². The molecule has 2 heterocycles. The third-order valence-electron chi connectivity index (χ3n) is 7.90. The smallest absolute Gasteiger partial charge is 0.252 e. The van der Waals surface area contributed by atoms with Crippen LogP contribution >= 0.6 is 0 Å². The number of carbonyl (C=O) groups is 2. The molecule has 2 amide bonds. The van der Waals surface area contributed by atoms with Crippen LogP contribution in [0.3, 0.4) is 0 Å². The largest absolute Gasteiger partial charge is 0.387 e. The Balaban J connectivity index is 1.47. The third kappa shape index (κ3) is 11.1. The summed E-state index contributed by atoms with van der Waals surface area (Å²) < 4.78 is 34.3. The number of hydrogen-bond donors (Lipinski definition) is 4. The summed E-state index contributed by atoms with van der Waals surface area (Å²) in [5.41, 5.74) is 1.53. The molecule has 2 aromatic rings. The molecule has 2 fully saturated rings. The van der Waals surface area contributed by atoms with E-state index in [9.17, 15) is 19.8 Å². The summed E-state index contributed by atoms with van der Waals surface area (Å²) in [6.45, 7) is 6.23. The molecule has 2 aliphatic heterocycles. The predicted octanol–water partition coefficient (Wildman–Crippen LogP) is 1.50. The summed E-state index contributed by atoms with van der Waals surface area (Å²) in [5, 5.41) is 28.7. The molecule has 4 N–H and O–H groups in total. The average molecular weight is 645 g/mol. The lowest BCUT2D eigenvalue weighted by Gasteiger charge is -2.31. The molecule has 46 heavy (non-hydrogen) atoms. The Bertz CT molecular complexity index is 1080. The van der Waals surface area contributed by atoms with Crippen molar-refractivity contribution in [1.82, 2.24) is 10.6 Å². The van der Waals surface area contributed by atoms with Crippen molar-refractivity contribution in [3.8, 4) is 0 Å². The van der Waals surface area contributed by atoms with Crippen LogP contribution in [0.5, 0.6) is 0 Å². The van der Waals surface area contributed by atoms with Crippen molar-refractivity contribution in [2.24, 2.45) is 0 Å². The maximum Gasteiger partial charge on any atom is 0.252 e. The maximum absolute atomic E-state index is 13.6. The molecule has 12 heteroatoms. The molecule has 254 valence electrons. The minimum absolute atomic E-state index is 0.0147. The van der Waals surface area contributed by atoms with Crippen LogP contribution in [-0.4, -0.2) is 110 Å².